The number of aromatic nitrogens is 5. The monoisotopic (exact) mass is 357 g/mol. The van der Waals surface area contributed by atoms with Crippen molar-refractivity contribution in [2.75, 3.05) is 18.8 Å². The normalized spacial score (nSPS) is 18.3. The molecule has 0 unspecified atom stereocenters. The molecule has 4 heterocycles. The van der Waals surface area contributed by atoms with Gasteiger partial charge in [0.2, 0.25) is 0 Å². The first-order valence-electron chi connectivity index (χ1n) is 9.60. The van der Waals surface area contributed by atoms with E-state index >= 15 is 0 Å². The predicted molar refractivity (Wildman–Crippen MR) is 97.9 cm³/mol. The molecule has 0 bridgehead atoms. The molecule has 1 saturated heterocycles. The van der Waals surface area contributed by atoms with E-state index < -0.39 is 0 Å². The maximum Gasteiger partial charge on any atom is 0.259 e. The van der Waals surface area contributed by atoms with E-state index in [4.69, 9.17) is 5.73 Å². The van der Waals surface area contributed by atoms with Gasteiger partial charge in [-0.3, -0.25) is 4.79 Å². The second-order valence-electron chi connectivity index (χ2n) is 7.63. The van der Waals surface area contributed by atoms with Gasteiger partial charge in [0, 0.05) is 38.0 Å². The highest BCUT2D eigenvalue weighted by Crippen LogP contribution is 2.30. The molecule has 2 aromatic rings. The number of carbonyl (C=O) groups is 1. The lowest BCUT2D eigenvalue weighted by Gasteiger charge is -2.32. The first-order valence-corrected chi connectivity index (χ1v) is 9.60. The maximum atomic E-state index is 12.8. The quantitative estimate of drug-likeness (QED) is 0.906. The zero-order chi connectivity index (χ0) is 18.3. The number of fused-ring (bicyclic) bond motifs is 1. The first-order chi connectivity index (χ1) is 12.6. The van der Waals surface area contributed by atoms with Gasteiger partial charge < -0.3 is 15.2 Å². The molecule has 2 aliphatic heterocycles. The topological polar surface area (TPSA) is 94.9 Å². The van der Waals surface area contributed by atoms with Crippen LogP contribution in [0.3, 0.4) is 0 Å². The summed E-state index contributed by atoms with van der Waals surface area (Å²) in [6, 6.07) is 0.140. The van der Waals surface area contributed by atoms with E-state index in [1.54, 1.807) is 10.9 Å². The second kappa shape index (κ2) is 6.74. The van der Waals surface area contributed by atoms with Crippen LogP contribution >= 0.6 is 0 Å². The van der Waals surface area contributed by atoms with Gasteiger partial charge in [0.1, 0.15) is 23.0 Å². The number of hydrogen-bond acceptors (Lipinski definition) is 5. The molecule has 140 valence electrons. The van der Waals surface area contributed by atoms with E-state index in [1.807, 2.05) is 18.7 Å². The molecule has 0 aromatic carbocycles. The number of carbonyl (C=O) groups excluding carboxylic acids is 1. The molecule has 1 amide bonds. The number of nitrogens with zero attached hydrogens (tertiary/aromatic N) is 6. The third-order valence-electron chi connectivity index (χ3n) is 5.59. The van der Waals surface area contributed by atoms with Crippen LogP contribution in [-0.2, 0) is 13.0 Å². The van der Waals surface area contributed by atoms with E-state index in [0.717, 1.165) is 50.5 Å². The zero-order valence-corrected chi connectivity index (χ0v) is 15.6. The molecule has 0 radical (unpaired) electrons. The van der Waals surface area contributed by atoms with Crippen LogP contribution in [0.25, 0.3) is 0 Å². The minimum Gasteiger partial charge on any atom is -0.383 e. The van der Waals surface area contributed by atoms with Crippen molar-refractivity contribution >= 4 is 11.7 Å². The lowest BCUT2D eigenvalue weighted by atomic mass is 9.95. The number of piperidine rings is 1. The van der Waals surface area contributed by atoms with Crippen LogP contribution in [0.2, 0.25) is 0 Å². The van der Waals surface area contributed by atoms with Crippen LogP contribution in [0.15, 0.2) is 6.20 Å². The minimum atomic E-state index is -0.0175. The molecule has 0 spiro atoms. The highest BCUT2D eigenvalue weighted by Gasteiger charge is 2.30. The Morgan fingerprint density at radius 2 is 1.96 bits per heavy atom. The van der Waals surface area contributed by atoms with Crippen LogP contribution in [0.4, 0.5) is 5.82 Å². The Balaban J connectivity index is 1.44. The Morgan fingerprint density at radius 1 is 1.19 bits per heavy atom. The number of rotatable bonds is 3. The highest BCUT2D eigenvalue weighted by atomic mass is 16.2. The third kappa shape index (κ3) is 2.87. The van der Waals surface area contributed by atoms with Crippen molar-refractivity contribution in [3.05, 3.63) is 23.4 Å². The molecule has 8 nitrogen and oxygen atoms in total. The number of likely N-dealkylation sites (tertiary alicyclic amines) is 1. The zero-order valence-electron chi connectivity index (χ0n) is 15.6. The lowest BCUT2D eigenvalue weighted by molar-refractivity contribution is 0.0711. The Morgan fingerprint density at radius 3 is 2.65 bits per heavy atom. The summed E-state index contributed by atoms with van der Waals surface area (Å²) in [6.07, 6.45) is 6.87. The van der Waals surface area contributed by atoms with E-state index in [2.05, 4.69) is 19.9 Å². The molecule has 8 heteroatoms. The summed E-state index contributed by atoms with van der Waals surface area (Å²) in [5, 5.41) is 13.1. The number of anilines is 1. The SMILES string of the molecule is CC(C)n1ncc(C(=O)N2CCC(c3nnc4n3CCCC4)CC2)c1N. The summed E-state index contributed by atoms with van der Waals surface area (Å²) < 4.78 is 4.00. The van der Waals surface area contributed by atoms with Crippen LogP contribution in [-0.4, -0.2) is 48.4 Å². The summed E-state index contributed by atoms with van der Waals surface area (Å²) in [7, 11) is 0. The predicted octanol–water partition coefficient (Wildman–Crippen LogP) is 1.99. The fourth-order valence-corrected chi connectivity index (χ4v) is 4.09. The average Bonchev–Trinajstić information content (AvgIpc) is 3.25. The average molecular weight is 357 g/mol. The van der Waals surface area contributed by atoms with Gasteiger partial charge in [-0.2, -0.15) is 5.10 Å². The van der Waals surface area contributed by atoms with Crippen molar-refractivity contribution in [3.63, 3.8) is 0 Å². The standard InChI is InChI=1S/C18H27N7O/c1-12(2)25-16(19)14(11-20-25)18(26)23-9-6-13(7-10-23)17-22-21-15-5-3-4-8-24(15)17/h11-13H,3-10,19H2,1-2H3. The smallest absolute Gasteiger partial charge is 0.259 e. The van der Waals surface area contributed by atoms with Gasteiger partial charge in [0.05, 0.1) is 6.20 Å². The van der Waals surface area contributed by atoms with Gasteiger partial charge in [0.15, 0.2) is 0 Å². The van der Waals surface area contributed by atoms with Gasteiger partial charge in [0.25, 0.3) is 5.91 Å². The van der Waals surface area contributed by atoms with Crippen molar-refractivity contribution in [1.29, 1.82) is 0 Å². The fourth-order valence-electron chi connectivity index (χ4n) is 4.09. The molecule has 1 fully saturated rings. The van der Waals surface area contributed by atoms with E-state index in [-0.39, 0.29) is 11.9 Å². The molecule has 4 rings (SSSR count). The van der Waals surface area contributed by atoms with Gasteiger partial charge in [-0.25, -0.2) is 4.68 Å². The molecule has 26 heavy (non-hydrogen) atoms. The summed E-state index contributed by atoms with van der Waals surface area (Å²) in [4.78, 5) is 14.7. The van der Waals surface area contributed by atoms with Crippen molar-refractivity contribution in [1.82, 2.24) is 29.4 Å². The largest absolute Gasteiger partial charge is 0.383 e. The molecule has 2 aliphatic rings. The Kier molecular flexibility index (Phi) is 4.42. The lowest BCUT2D eigenvalue weighted by Crippen LogP contribution is -2.38. The number of nitrogen functional groups attached to an aromatic ring is 1. The van der Waals surface area contributed by atoms with Crippen LogP contribution in [0.5, 0.6) is 0 Å². The Hall–Kier alpha value is -2.38. The Labute approximate surface area is 153 Å². The van der Waals surface area contributed by atoms with Gasteiger partial charge in [-0.15, -0.1) is 10.2 Å². The van der Waals surface area contributed by atoms with E-state index in [9.17, 15) is 4.79 Å². The second-order valence-corrected chi connectivity index (χ2v) is 7.63. The van der Waals surface area contributed by atoms with Crippen LogP contribution < -0.4 is 5.73 Å². The van der Waals surface area contributed by atoms with Crippen molar-refractivity contribution < 1.29 is 4.79 Å². The number of nitrogens with two attached hydrogens (primary N) is 1. The Bertz CT molecular complexity index is 799. The molecule has 0 aliphatic carbocycles. The summed E-state index contributed by atoms with van der Waals surface area (Å²) in [6.45, 7) is 6.47. The summed E-state index contributed by atoms with van der Waals surface area (Å²) in [5.41, 5.74) is 6.64. The molecule has 2 aromatic heterocycles. The number of hydrogen-bond donors (Lipinski definition) is 1. The molecule has 0 atom stereocenters. The maximum absolute atomic E-state index is 12.8. The van der Waals surface area contributed by atoms with Crippen molar-refractivity contribution in [2.45, 2.75) is 64.5 Å². The van der Waals surface area contributed by atoms with E-state index in [0.29, 0.717) is 17.3 Å². The number of amides is 1. The molecular formula is C18H27N7O. The van der Waals surface area contributed by atoms with Crippen molar-refractivity contribution in [2.24, 2.45) is 0 Å². The van der Waals surface area contributed by atoms with Gasteiger partial charge >= 0.3 is 0 Å². The summed E-state index contributed by atoms with van der Waals surface area (Å²) >= 11 is 0. The van der Waals surface area contributed by atoms with Crippen molar-refractivity contribution in [3.8, 4) is 0 Å². The summed E-state index contributed by atoms with van der Waals surface area (Å²) in [5.74, 6) is 3.06. The third-order valence-corrected chi connectivity index (χ3v) is 5.59. The first kappa shape index (κ1) is 17.1. The van der Waals surface area contributed by atoms with Gasteiger partial charge in [-0.1, -0.05) is 0 Å². The van der Waals surface area contributed by atoms with E-state index in [1.165, 1.54) is 12.8 Å². The molecular weight excluding hydrogens is 330 g/mol. The highest BCUT2D eigenvalue weighted by molar-refractivity contribution is 5.98. The number of aryl methyl sites for hydroxylation is 1. The molecule has 2 N–H and O–H groups in total. The fraction of sp³-hybridized carbons (Fsp3) is 0.667. The van der Waals surface area contributed by atoms with Gasteiger partial charge in [-0.05, 0) is 39.5 Å². The molecule has 0 saturated carbocycles. The van der Waals surface area contributed by atoms with Crippen LogP contribution in [0, 0.1) is 0 Å². The minimum absolute atomic E-state index is 0.0175. The van der Waals surface area contributed by atoms with Crippen LogP contribution in [0.1, 0.15) is 73.5 Å².